The maximum absolute atomic E-state index is 6.15. The van der Waals surface area contributed by atoms with Crippen molar-refractivity contribution in [2.45, 2.75) is 26.3 Å². The van der Waals surface area contributed by atoms with E-state index in [4.69, 9.17) is 16.3 Å². The number of ether oxygens (including phenoxy) is 1. The molecule has 1 aromatic rings. The number of rotatable bonds is 3. The van der Waals surface area contributed by atoms with Crippen LogP contribution < -0.4 is 0 Å². The first-order valence-corrected chi connectivity index (χ1v) is 7.89. The van der Waals surface area contributed by atoms with E-state index >= 15 is 0 Å². The van der Waals surface area contributed by atoms with Gasteiger partial charge in [-0.25, -0.2) is 4.98 Å². The summed E-state index contributed by atoms with van der Waals surface area (Å²) in [5, 5.41) is 0.557. The van der Waals surface area contributed by atoms with E-state index in [1.807, 2.05) is 6.20 Å². The molecule has 0 saturated carbocycles. The molecule has 2 aliphatic rings. The van der Waals surface area contributed by atoms with E-state index in [0.29, 0.717) is 11.1 Å². The van der Waals surface area contributed by atoms with E-state index in [1.54, 1.807) is 0 Å². The first-order chi connectivity index (χ1) is 10.1. The zero-order valence-corrected chi connectivity index (χ0v) is 13.4. The van der Waals surface area contributed by atoms with Crippen LogP contribution in [0.1, 0.15) is 25.6 Å². The molecule has 21 heavy (non-hydrogen) atoms. The third-order valence-corrected chi connectivity index (χ3v) is 4.16. The number of likely N-dealkylation sites (N-methyl/N-ethyl adjacent to an activating group) is 1. The molecule has 0 bridgehead atoms. The van der Waals surface area contributed by atoms with E-state index in [2.05, 4.69) is 40.7 Å². The van der Waals surface area contributed by atoms with Gasteiger partial charge in [0.1, 0.15) is 11.0 Å². The van der Waals surface area contributed by atoms with E-state index in [9.17, 15) is 0 Å². The van der Waals surface area contributed by atoms with Gasteiger partial charge >= 0.3 is 0 Å². The summed E-state index contributed by atoms with van der Waals surface area (Å²) in [7, 11) is 2.08. The number of hydrogen-bond donors (Lipinski definition) is 0. The summed E-state index contributed by atoms with van der Waals surface area (Å²) < 4.78 is 7.76. The van der Waals surface area contributed by atoms with Gasteiger partial charge in [0.25, 0.3) is 0 Å². The van der Waals surface area contributed by atoms with Crippen LogP contribution in [0.4, 0.5) is 0 Å². The predicted molar refractivity (Wildman–Crippen MR) is 85.1 cm³/mol. The molecular formula is C16H22ClN3O. The van der Waals surface area contributed by atoms with Gasteiger partial charge in [0.15, 0.2) is 0 Å². The lowest BCUT2D eigenvalue weighted by molar-refractivity contribution is 0.0483. The molecule has 0 aliphatic carbocycles. The van der Waals surface area contributed by atoms with Gasteiger partial charge in [-0.15, -0.1) is 0 Å². The molecule has 3 rings (SSSR count). The van der Waals surface area contributed by atoms with Crippen LogP contribution in [-0.4, -0.2) is 41.3 Å². The summed E-state index contributed by atoms with van der Waals surface area (Å²) in [6.07, 6.45) is 8.63. The molecule has 1 aromatic heterocycles. The van der Waals surface area contributed by atoms with Crippen LogP contribution in [0.15, 0.2) is 24.0 Å². The second-order valence-corrected chi connectivity index (χ2v) is 6.50. The fourth-order valence-corrected chi connectivity index (χ4v) is 3.33. The molecule has 0 radical (unpaired) electrons. The normalized spacial score (nSPS) is 23.0. The number of imidazole rings is 1. The van der Waals surface area contributed by atoms with Crippen molar-refractivity contribution >= 4 is 17.2 Å². The molecule has 5 heteroatoms. The summed E-state index contributed by atoms with van der Waals surface area (Å²) in [5.74, 6) is 1.51. The lowest BCUT2D eigenvalue weighted by atomic mass is 10.0. The van der Waals surface area contributed by atoms with Gasteiger partial charge in [-0.3, -0.25) is 0 Å². The Morgan fingerprint density at radius 1 is 1.48 bits per heavy atom. The lowest BCUT2D eigenvalue weighted by Crippen LogP contribution is -2.23. The molecule has 114 valence electrons. The fraction of sp³-hybridized carbons (Fsp3) is 0.562. The zero-order chi connectivity index (χ0) is 14.8. The Balaban J connectivity index is 1.85. The van der Waals surface area contributed by atoms with Crippen LogP contribution in [0.5, 0.6) is 0 Å². The van der Waals surface area contributed by atoms with Crippen molar-refractivity contribution in [3.8, 4) is 0 Å². The molecule has 1 saturated heterocycles. The lowest BCUT2D eigenvalue weighted by Gasteiger charge is -2.24. The van der Waals surface area contributed by atoms with Crippen molar-refractivity contribution in [2.75, 3.05) is 26.8 Å². The molecule has 1 atom stereocenters. The van der Waals surface area contributed by atoms with E-state index in [0.717, 1.165) is 44.1 Å². The predicted octanol–water partition coefficient (Wildman–Crippen LogP) is 3.20. The highest BCUT2D eigenvalue weighted by atomic mass is 35.5. The van der Waals surface area contributed by atoms with Crippen LogP contribution in [0.2, 0.25) is 5.15 Å². The van der Waals surface area contributed by atoms with E-state index in [1.165, 1.54) is 12.0 Å². The van der Waals surface area contributed by atoms with Gasteiger partial charge in [-0.2, -0.15) is 0 Å². The van der Waals surface area contributed by atoms with Gasteiger partial charge in [0.05, 0.1) is 6.61 Å². The minimum atomic E-state index is 0.551. The maximum atomic E-state index is 6.15. The highest BCUT2D eigenvalue weighted by Crippen LogP contribution is 2.25. The van der Waals surface area contributed by atoms with Crippen molar-refractivity contribution in [2.24, 2.45) is 5.92 Å². The monoisotopic (exact) mass is 307 g/mol. The van der Waals surface area contributed by atoms with Gasteiger partial charge in [-0.1, -0.05) is 17.2 Å². The van der Waals surface area contributed by atoms with Crippen molar-refractivity contribution in [1.29, 1.82) is 0 Å². The minimum Gasteiger partial charge on any atom is -0.381 e. The van der Waals surface area contributed by atoms with Gasteiger partial charge in [0, 0.05) is 50.6 Å². The summed E-state index contributed by atoms with van der Waals surface area (Å²) in [5.41, 5.74) is 2.46. The van der Waals surface area contributed by atoms with E-state index in [-0.39, 0.29) is 0 Å². The molecule has 0 aromatic carbocycles. The van der Waals surface area contributed by atoms with Gasteiger partial charge in [0.2, 0.25) is 0 Å². The number of allylic oxidation sites excluding steroid dienone is 2. The Morgan fingerprint density at radius 2 is 2.33 bits per heavy atom. The van der Waals surface area contributed by atoms with Crippen LogP contribution >= 0.6 is 11.6 Å². The Labute approximate surface area is 131 Å². The number of hydrogen-bond acceptors (Lipinski definition) is 3. The minimum absolute atomic E-state index is 0.551. The zero-order valence-electron chi connectivity index (χ0n) is 12.7. The Bertz CT molecular complexity index is 570. The molecule has 0 amide bonds. The van der Waals surface area contributed by atoms with Crippen molar-refractivity contribution in [3.05, 3.63) is 35.0 Å². The van der Waals surface area contributed by atoms with Crippen molar-refractivity contribution < 1.29 is 4.74 Å². The smallest absolute Gasteiger partial charge is 0.147 e. The van der Waals surface area contributed by atoms with Crippen LogP contribution in [0.25, 0.3) is 5.57 Å². The van der Waals surface area contributed by atoms with Crippen LogP contribution in [-0.2, 0) is 11.3 Å². The fourth-order valence-electron chi connectivity index (χ4n) is 3.13. The van der Waals surface area contributed by atoms with Crippen LogP contribution in [0, 0.1) is 5.92 Å². The SMILES string of the molecule is CC1=CC(c2nc(Cl)cn2CC2CCCOC2)=CN(C)C1. The van der Waals surface area contributed by atoms with Crippen molar-refractivity contribution in [3.63, 3.8) is 0 Å². The summed E-state index contributed by atoms with van der Waals surface area (Å²) in [6, 6.07) is 0. The number of aromatic nitrogens is 2. The molecular weight excluding hydrogens is 286 g/mol. The topological polar surface area (TPSA) is 30.3 Å². The summed E-state index contributed by atoms with van der Waals surface area (Å²) >= 11 is 6.15. The quantitative estimate of drug-likeness (QED) is 0.859. The Morgan fingerprint density at radius 3 is 3.05 bits per heavy atom. The molecule has 1 fully saturated rings. The molecule has 3 heterocycles. The Kier molecular flexibility index (Phi) is 4.36. The average Bonchev–Trinajstić information content (AvgIpc) is 2.80. The third kappa shape index (κ3) is 3.50. The standard InChI is InChI=1S/C16H22ClN3O/c1-12-6-14(9-19(2)7-12)16-18-15(17)10-20(16)8-13-4-3-5-21-11-13/h6,9-10,13H,3-5,7-8,11H2,1-2H3. The number of halogens is 1. The highest BCUT2D eigenvalue weighted by molar-refractivity contribution is 6.29. The maximum Gasteiger partial charge on any atom is 0.147 e. The molecule has 2 aliphatic heterocycles. The number of nitrogens with zero attached hydrogens (tertiary/aromatic N) is 3. The molecule has 4 nitrogen and oxygen atoms in total. The summed E-state index contributed by atoms with van der Waals surface area (Å²) in [6.45, 7) is 5.76. The van der Waals surface area contributed by atoms with Crippen LogP contribution in [0.3, 0.4) is 0 Å². The van der Waals surface area contributed by atoms with Gasteiger partial charge in [-0.05, 0) is 25.8 Å². The molecule has 0 N–H and O–H groups in total. The Hall–Kier alpha value is -1.26. The summed E-state index contributed by atoms with van der Waals surface area (Å²) in [4.78, 5) is 6.70. The molecule has 1 unspecified atom stereocenters. The first kappa shape index (κ1) is 14.7. The first-order valence-electron chi connectivity index (χ1n) is 7.52. The second kappa shape index (κ2) is 6.24. The molecule has 0 spiro atoms. The highest BCUT2D eigenvalue weighted by Gasteiger charge is 2.19. The van der Waals surface area contributed by atoms with E-state index < -0.39 is 0 Å². The van der Waals surface area contributed by atoms with Gasteiger partial charge < -0.3 is 14.2 Å². The van der Waals surface area contributed by atoms with Crippen molar-refractivity contribution in [1.82, 2.24) is 14.5 Å². The second-order valence-electron chi connectivity index (χ2n) is 6.11. The third-order valence-electron chi connectivity index (χ3n) is 3.97. The largest absolute Gasteiger partial charge is 0.381 e. The average molecular weight is 308 g/mol.